The number of hydrogen-bond donors (Lipinski definition) is 2. The zero-order valence-electron chi connectivity index (χ0n) is 12.0. The Bertz CT molecular complexity index is 520. The Kier molecular flexibility index (Phi) is 4.38. The van der Waals surface area contributed by atoms with E-state index in [9.17, 15) is 9.59 Å². The van der Waals surface area contributed by atoms with Crippen molar-refractivity contribution >= 4 is 28.4 Å². The molecule has 2 N–H and O–H groups in total. The van der Waals surface area contributed by atoms with Crippen molar-refractivity contribution in [2.75, 3.05) is 25.0 Å². The van der Waals surface area contributed by atoms with Gasteiger partial charge in [0, 0.05) is 30.9 Å². The summed E-state index contributed by atoms with van der Waals surface area (Å²) in [7, 11) is 0. The van der Waals surface area contributed by atoms with E-state index in [-0.39, 0.29) is 11.9 Å². The van der Waals surface area contributed by atoms with Crippen LogP contribution < -0.4 is 10.6 Å². The van der Waals surface area contributed by atoms with Gasteiger partial charge in [-0.25, -0.2) is 9.78 Å². The van der Waals surface area contributed by atoms with Crippen LogP contribution in [0.25, 0.3) is 0 Å². The molecule has 3 amide bonds. The number of hydrogen-bond acceptors (Lipinski definition) is 4. The highest BCUT2D eigenvalue weighted by molar-refractivity contribution is 7.15. The van der Waals surface area contributed by atoms with Crippen LogP contribution in [0.5, 0.6) is 0 Å². The van der Waals surface area contributed by atoms with Gasteiger partial charge in [-0.1, -0.05) is 6.42 Å². The van der Waals surface area contributed by atoms with Crippen LogP contribution in [0.2, 0.25) is 0 Å². The molecule has 6 nitrogen and oxygen atoms in total. The number of aromatic nitrogens is 1. The summed E-state index contributed by atoms with van der Waals surface area (Å²) in [6.07, 6.45) is 6.11. The van der Waals surface area contributed by atoms with Crippen LogP contribution in [-0.4, -0.2) is 41.5 Å². The zero-order valence-corrected chi connectivity index (χ0v) is 12.8. The predicted octanol–water partition coefficient (Wildman–Crippen LogP) is 1.77. The lowest BCUT2D eigenvalue weighted by Gasteiger charge is -2.18. The number of urea groups is 1. The predicted molar refractivity (Wildman–Crippen MR) is 81.6 cm³/mol. The van der Waals surface area contributed by atoms with Crippen LogP contribution in [0.15, 0.2) is 0 Å². The van der Waals surface area contributed by atoms with Crippen LogP contribution in [-0.2, 0) is 17.6 Å². The Morgan fingerprint density at radius 1 is 1.19 bits per heavy atom. The molecule has 114 valence electrons. The second kappa shape index (κ2) is 6.43. The van der Waals surface area contributed by atoms with Gasteiger partial charge in [-0.05, 0) is 25.7 Å². The summed E-state index contributed by atoms with van der Waals surface area (Å²) < 4.78 is 0. The molecule has 0 aromatic carbocycles. The molecule has 7 heteroatoms. The number of rotatable bonds is 1. The maximum Gasteiger partial charge on any atom is 0.323 e. The largest absolute Gasteiger partial charge is 0.354 e. The fourth-order valence-electron chi connectivity index (χ4n) is 2.72. The number of aryl methyl sites for hydroxylation is 2. The highest BCUT2D eigenvalue weighted by Crippen LogP contribution is 2.29. The van der Waals surface area contributed by atoms with Gasteiger partial charge in [-0.15, -0.1) is 11.3 Å². The van der Waals surface area contributed by atoms with E-state index in [4.69, 9.17) is 0 Å². The molecule has 0 atom stereocenters. The minimum Gasteiger partial charge on any atom is -0.354 e. The third kappa shape index (κ3) is 3.53. The van der Waals surface area contributed by atoms with E-state index >= 15 is 0 Å². The second-order valence-electron chi connectivity index (χ2n) is 5.47. The average molecular weight is 308 g/mol. The van der Waals surface area contributed by atoms with Crippen molar-refractivity contribution in [2.45, 2.75) is 38.5 Å². The van der Waals surface area contributed by atoms with Gasteiger partial charge in [-0.2, -0.15) is 0 Å². The Hall–Kier alpha value is -1.63. The van der Waals surface area contributed by atoms with Crippen molar-refractivity contribution in [2.24, 2.45) is 0 Å². The smallest absolute Gasteiger partial charge is 0.323 e. The van der Waals surface area contributed by atoms with Crippen LogP contribution >= 0.6 is 11.3 Å². The van der Waals surface area contributed by atoms with Crippen LogP contribution in [0.3, 0.4) is 0 Å². The maximum atomic E-state index is 12.3. The molecule has 1 aromatic heterocycles. The fourth-order valence-corrected chi connectivity index (χ4v) is 3.76. The molecule has 2 heterocycles. The van der Waals surface area contributed by atoms with E-state index in [2.05, 4.69) is 15.6 Å². The number of nitrogens with zero attached hydrogens (tertiary/aromatic N) is 2. The summed E-state index contributed by atoms with van der Waals surface area (Å²) >= 11 is 1.59. The molecule has 0 spiro atoms. The van der Waals surface area contributed by atoms with Crippen LogP contribution in [0.1, 0.15) is 36.3 Å². The summed E-state index contributed by atoms with van der Waals surface area (Å²) in [6.45, 7) is 1.52. The molecule has 21 heavy (non-hydrogen) atoms. The van der Waals surface area contributed by atoms with E-state index in [1.165, 1.54) is 24.1 Å². The number of thiazole rings is 1. The Morgan fingerprint density at radius 3 is 2.95 bits per heavy atom. The van der Waals surface area contributed by atoms with Crippen LogP contribution in [0, 0.1) is 0 Å². The van der Waals surface area contributed by atoms with E-state index in [0.29, 0.717) is 31.2 Å². The molecule has 0 radical (unpaired) electrons. The third-order valence-electron chi connectivity index (χ3n) is 3.91. The molecule has 0 unspecified atom stereocenters. The standard InChI is InChI=1S/C14H20N4O2S/c19-12-6-8-18(9-7-15-12)14(20)17-13-16-10-4-2-1-3-5-11(10)21-13/h1-9H2,(H,15,19)(H,16,17,20). The first-order valence-electron chi connectivity index (χ1n) is 7.53. The topological polar surface area (TPSA) is 74.3 Å². The fraction of sp³-hybridized carbons (Fsp3) is 0.643. The summed E-state index contributed by atoms with van der Waals surface area (Å²) in [4.78, 5) is 31.1. The lowest BCUT2D eigenvalue weighted by Crippen LogP contribution is -2.37. The number of carbonyl (C=O) groups excluding carboxylic acids is 2. The molecule has 1 aliphatic carbocycles. The van der Waals surface area contributed by atoms with Gasteiger partial charge >= 0.3 is 6.03 Å². The third-order valence-corrected chi connectivity index (χ3v) is 4.98. The van der Waals surface area contributed by atoms with Gasteiger partial charge in [0.1, 0.15) is 0 Å². The highest BCUT2D eigenvalue weighted by Gasteiger charge is 2.20. The van der Waals surface area contributed by atoms with Gasteiger partial charge in [0.25, 0.3) is 0 Å². The first-order valence-corrected chi connectivity index (χ1v) is 8.35. The SMILES string of the molecule is O=C1CCN(C(=O)Nc2nc3c(s2)CCCCC3)CCN1. The number of nitrogens with one attached hydrogen (secondary N) is 2. The van der Waals surface area contributed by atoms with Crippen molar-refractivity contribution in [3.8, 4) is 0 Å². The van der Waals surface area contributed by atoms with E-state index in [1.54, 1.807) is 16.2 Å². The van der Waals surface area contributed by atoms with Gasteiger partial charge in [0.05, 0.1) is 5.69 Å². The highest BCUT2D eigenvalue weighted by atomic mass is 32.1. The average Bonchev–Trinajstić information content (AvgIpc) is 2.64. The van der Waals surface area contributed by atoms with Crippen molar-refractivity contribution < 1.29 is 9.59 Å². The van der Waals surface area contributed by atoms with E-state index < -0.39 is 0 Å². The normalized spacial score (nSPS) is 19.2. The number of amides is 3. The lowest BCUT2D eigenvalue weighted by atomic mass is 10.2. The van der Waals surface area contributed by atoms with Gasteiger partial charge < -0.3 is 10.2 Å². The molecular formula is C14H20N4O2S. The molecule has 0 saturated carbocycles. The quantitative estimate of drug-likeness (QED) is 0.776. The lowest BCUT2D eigenvalue weighted by molar-refractivity contribution is -0.120. The first-order chi connectivity index (χ1) is 10.2. The minimum atomic E-state index is -0.157. The molecule has 1 fully saturated rings. The zero-order chi connectivity index (χ0) is 14.7. The van der Waals surface area contributed by atoms with Gasteiger partial charge in [0.15, 0.2) is 5.13 Å². The second-order valence-corrected chi connectivity index (χ2v) is 6.55. The summed E-state index contributed by atoms with van der Waals surface area (Å²) in [5.74, 6) is 0.00580. The Morgan fingerprint density at radius 2 is 2.05 bits per heavy atom. The molecule has 1 saturated heterocycles. The van der Waals surface area contributed by atoms with E-state index in [1.807, 2.05) is 0 Å². The molecule has 1 aromatic rings. The first kappa shape index (κ1) is 14.3. The van der Waals surface area contributed by atoms with Crippen molar-refractivity contribution in [1.82, 2.24) is 15.2 Å². The molecule has 3 rings (SSSR count). The Labute approximate surface area is 127 Å². The van der Waals surface area contributed by atoms with Crippen molar-refractivity contribution in [3.63, 3.8) is 0 Å². The Balaban J connectivity index is 1.63. The number of anilines is 1. The molecule has 0 bridgehead atoms. The summed E-state index contributed by atoms with van der Waals surface area (Å²) in [5, 5.41) is 6.34. The summed E-state index contributed by atoms with van der Waals surface area (Å²) in [6, 6.07) is -0.157. The van der Waals surface area contributed by atoms with Crippen LogP contribution in [0.4, 0.5) is 9.93 Å². The van der Waals surface area contributed by atoms with Crippen molar-refractivity contribution in [3.05, 3.63) is 10.6 Å². The summed E-state index contributed by atoms with van der Waals surface area (Å²) in [5.41, 5.74) is 1.15. The van der Waals surface area contributed by atoms with E-state index in [0.717, 1.165) is 18.5 Å². The number of carbonyl (C=O) groups is 2. The minimum absolute atomic E-state index is 0.00580. The molecule has 1 aliphatic heterocycles. The molecule has 2 aliphatic rings. The maximum absolute atomic E-state index is 12.3. The van der Waals surface area contributed by atoms with Crippen molar-refractivity contribution in [1.29, 1.82) is 0 Å². The number of fused-ring (bicyclic) bond motifs is 1. The molecular weight excluding hydrogens is 288 g/mol. The van der Waals surface area contributed by atoms with Gasteiger partial charge in [0.2, 0.25) is 5.91 Å². The monoisotopic (exact) mass is 308 g/mol. The van der Waals surface area contributed by atoms with Gasteiger partial charge in [-0.3, -0.25) is 10.1 Å².